The SMILES string of the molecule is Cl.NC(=O)c1cccc(CN2C(C(=O)O)CC3CCCCC32)c1. The van der Waals surface area contributed by atoms with Crippen LogP contribution in [0.5, 0.6) is 0 Å². The van der Waals surface area contributed by atoms with E-state index in [4.69, 9.17) is 5.73 Å². The first-order valence-electron chi connectivity index (χ1n) is 7.93. The number of aliphatic carboxylic acids is 1. The van der Waals surface area contributed by atoms with Crippen LogP contribution in [0.3, 0.4) is 0 Å². The summed E-state index contributed by atoms with van der Waals surface area (Å²) < 4.78 is 0. The minimum Gasteiger partial charge on any atom is -0.480 e. The zero-order valence-electron chi connectivity index (χ0n) is 13.0. The average molecular weight is 339 g/mol. The number of primary amides is 1. The van der Waals surface area contributed by atoms with Gasteiger partial charge in [0.1, 0.15) is 6.04 Å². The van der Waals surface area contributed by atoms with Gasteiger partial charge < -0.3 is 10.8 Å². The molecule has 0 bridgehead atoms. The molecule has 3 unspecified atom stereocenters. The van der Waals surface area contributed by atoms with E-state index in [1.54, 1.807) is 18.2 Å². The molecule has 2 fully saturated rings. The molecule has 23 heavy (non-hydrogen) atoms. The predicted octanol–water partition coefficient (Wildman–Crippen LogP) is 2.43. The summed E-state index contributed by atoms with van der Waals surface area (Å²) in [6.45, 7) is 0.569. The van der Waals surface area contributed by atoms with Gasteiger partial charge in [-0.05, 0) is 42.9 Å². The molecular formula is C17H23ClN2O3. The topological polar surface area (TPSA) is 83.6 Å². The minimum atomic E-state index is -0.736. The van der Waals surface area contributed by atoms with E-state index in [1.807, 2.05) is 6.07 Å². The molecule has 3 N–H and O–H groups in total. The minimum absolute atomic E-state index is 0. The van der Waals surface area contributed by atoms with Gasteiger partial charge in [0.05, 0.1) is 0 Å². The van der Waals surface area contributed by atoms with Crippen LogP contribution in [0.4, 0.5) is 0 Å². The molecule has 126 valence electrons. The number of hydrogen-bond donors (Lipinski definition) is 2. The van der Waals surface area contributed by atoms with Crippen LogP contribution in [0, 0.1) is 5.92 Å². The maximum absolute atomic E-state index is 11.6. The fourth-order valence-electron chi connectivity index (χ4n) is 4.06. The van der Waals surface area contributed by atoms with Crippen LogP contribution in [-0.4, -0.2) is 34.0 Å². The number of carboxylic acid groups (broad SMARTS) is 1. The summed E-state index contributed by atoms with van der Waals surface area (Å²) in [5, 5.41) is 9.54. The predicted molar refractivity (Wildman–Crippen MR) is 89.5 cm³/mol. The second-order valence-corrected chi connectivity index (χ2v) is 6.44. The fraction of sp³-hybridized carbons (Fsp3) is 0.529. The maximum Gasteiger partial charge on any atom is 0.320 e. The molecule has 0 radical (unpaired) electrons. The molecule has 6 heteroatoms. The lowest BCUT2D eigenvalue weighted by molar-refractivity contribution is -0.142. The van der Waals surface area contributed by atoms with Crippen LogP contribution in [0.2, 0.25) is 0 Å². The summed E-state index contributed by atoms with van der Waals surface area (Å²) in [5.74, 6) is -0.691. The van der Waals surface area contributed by atoms with E-state index in [2.05, 4.69) is 4.90 Å². The third-order valence-corrected chi connectivity index (χ3v) is 5.08. The normalized spacial score (nSPS) is 27.0. The van der Waals surface area contributed by atoms with Crippen molar-refractivity contribution < 1.29 is 14.7 Å². The van der Waals surface area contributed by atoms with E-state index >= 15 is 0 Å². The quantitative estimate of drug-likeness (QED) is 0.883. The van der Waals surface area contributed by atoms with Crippen LogP contribution >= 0.6 is 12.4 Å². The van der Waals surface area contributed by atoms with Gasteiger partial charge >= 0.3 is 5.97 Å². The van der Waals surface area contributed by atoms with E-state index in [0.29, 0.717) is 24.1 Å². The fourth-order valence-corrected chi connectivity index (χ4v) is 4.06. The van der Waals surface area contributed by atoms with Crippen LogP contribution in [0.15, 0.2) is 24.3 Å². The molecule has 3 atom stereocenters. The lowest BCUT2D eigenvalue weighted by Gasteiger charge is -2.33. The average Bonchev–Trinajstić information content (AvgIpc) is 2.87. The number of amides is 1. The molecule has 1 heterocycles. The first-order chi connectivity index (χ1) is 10.6. The van der Waals surface area contributed by atoms with E-state index < -0.39 is 17.9 Å². The van der Waals surface area contributed by atoms with Gasteiger partial charge in [-0.1, -0.05) is 25.0 Å². The first-order valence-corrected chi connectivity index (χ1v) is 7.93. The summed E-state index contributed by atoms with van der Waals surface area (Å²) in [5.41, 5.74) is 6.75. The van der Waals surface area contributed by atoms with Gasteiger partial charge in [-0.3, -0.25) is 14.5 Å². The van der Waals surface area contributed by atoms with Crippen molar-refractivity contribution in [3.8, 4) is 0 Å². The number of hydrogen-bond acceptors (Lipinski definition) is 3. The molecule has 0 aromatic heterocycles. The maximum atomic E-state index is 11.6. The van der Waals surface area contributed by atoms with Gasteiger partial charge in [-0.2, -0.15) is 0 Å². The van der Waals surface area contributed by atoms with Crippen molar-refractivity contribution in [2.75, 3.05) is 0 Å². The summed E-state index contributed by atoms with van der Waals surface area (Å²) in [6.07, 6.45) is 5.33. The van der Waals surface area contributed by atoms with Crippen LogP contribution < -0.4 is 5.73 Å². The molecule has 1 amide bonds. The Kier molecular flexibility index (Phi) is 5.65. The number of halogens is 1. The highest BCUT2D eigenvalue weighted by molar-refractivity contribution is 5.92. The van der Waals surface area contributed by atoms with E-state index in [-0.39, 0.29) is 12.4 Å². The van der Waals surface area contributed by atoms with Crippen LogP contribution in [0.25, 0.3) is 0 Å². The lowest BCUT2D eigenvalue weighted by atomic mass is 9.84. The first kappa shape index (κ1) is 17.8. The molecule has 1 aromatic rings. The molecular weight excluding hydrogens is 316 g/mol. The molecule has 1 aliphatic heterocycles. The standard InChI is InChI=1S/C17H22N2O3.ClH/c18-16(20)13-6-3-4-11(8-13)10-19-14-7-2-1-5-12(14)9-15(19)17(21)22;/h3-4,6,8,12,14-15H,1-2,5,7,9-10H2,(H2,18,20)(H,21,22);1H. The van der Waals surface area contributed by atoms with Gasteiger partial charge in [-0.25, -0.2) is 0 Å². The van der Waals surface area contributed by atoms with Gasteiger partial charge in [0, 0.05) is 18.2 Å². The number of rotatable bonds is 4. The molecule has 3 rings (SSSR count). The van der Waals surface area contributed by atoms with Gasteiger partial charge in [0.2, 0.25) is 5.91 Å². The molecule has 1 saturated carbocycles. The summed E-state index contributed by atoms with van der Waals surface area (Å²) in [7, 11) is 0. The second-order valence-electron chi connectivity index (χ2n) is 6.44. The van der Waals surface area contributed by atoms with Crippen molar-refractivity contribution in [1.29, 1.82) is 0 Å². The third kappa shape index (κ3) is 3.67. The molecule has 2 aliphatic rings. The number of likely N-dealkylation sites (tertiary alicyclic amines) is 1. The smallest absolute Gasteiger partial charge is 0.320 e. The molecule has 5 nitrogen and oxygen atoms in total. The van der Waals surface area contributed by atoms with Crippen molar-refractivity contribution in [2.45, 2.75) is 50.7 Å². The zero-order chi connectivity index (χ0) is 15.7. The number of carboxylic acids is 1. The molecule has 0 spiro atoms. The van der Waals surface area contributed by atoms with Crippen molar-refractivity contribution in [3.05, 3.63) is 35.4 Å². The number of nitrogens with zero attached hydrogens (tertiary/aromatic N) is 1. The Labute approximate surface area is 142 Å². The Morgan fingerprint density at radius 2 is 2.00 bits per heavy atom. The Bertz CT molecular complexity index is 593. The molecule has 1 saturated heterocycles. The Balaban J connectivity index is 0.00000192. The number of benzene rings is 1. The highest BCUT2D eigenvalue weighted by Gasteiger charge is 2.44. The molecule has 1 aliphatic carbocycles. The van der Waals surface area contributed by atoms with Gasteiger partial charge in [0.25, 0.3) is 0 Å². The van der Waals surface area contributed by atoms with Gasteiger partial charge in [-0.15, -0.1) is 12.4 Å². The Morgan fingerprint density at radius 1 is 1.26 bits per heavy atom. The zero-order valence-corrected chi connectivity index (χ0v) is 13.8. The summed E-state index contributed by atoms with van der Waals surface area (Å²) in [4.78, 5) is 25.0. The van der Waals surface area contributed by atoms with Crippen molar-refractivity contribution >= 4 is 24.3 Å². The Morgan fingerprint density at radius 3 is 2.70 bits per heavy atom. The van der Waals surface area contributed by atoms with Crippen LogP contribution in [0.1, 0.15) is 48.0 Å². The number of nitrogens with two attached hydrogens (primary N) is 1. The largest absolute Gasteiger partial charge is 0.480 e. The highest BCUT2D eigenvalue weighted by atomic mass is 35.5. The summed E-state index contributed by atoms with van der Waals surface area (Å²) >= 11 is 0. The number of carbonyl (C=O) groups excluding carboxylic acids is 1. The van der Waals surface area contributed by atoms with E-state index in [1.165, 1.54) is 12.8 Å². The molecule has 1 aromatic carbocycles. The van der Waals surface area contributed by atoms with E-state index in [9.17, 15) is 14.7 Å². The van der Waals surface area contributed by atoms with Crippen molar-refractivity contribution in [2.24, 2.45) is 11.7 Å². The highest BCUT2D eigenvalue weighted by Crippen LogP contribution is 2.40. The van der Waals surface area contributed by atoms with E-state index in [0.717, 1.165) is 24.8 Å². The van der Waals surface area contributed by atoms with Crippen molar-refractivity contribution in [3.63, 3.8) is 0 Å². The number of carbonyl (C=O) groups is 2. The summed E-state index contributed by atoms with van der Waals surface area (Å²) in [6, 6.07) is 7.14. The number of fused-ring (bicyclic) bond motifs is 1. The lowest BCUT2D eigenvalue weighted by Crippen LogP contribution is -2.41. The second kappa shape index (κ2) is 7.32. The van der Waals surface area contributed by atoms with Crippen molar-refractivity contribution in [1.82, 2.24) is 4.90 Å². The monoisotopic (exact) mass is 338 g/mol. The third-order valence-electron chi connectivity index (χ3n) is 5.08. The van der Waals surface area contributed by atoms with Crippen LogP contribution in [-0.2, 0) is 11.3 Å². The Hall–Kier alpha value is -1.59. The van der Waals surface area contributed by atoms with Gasteiger partial charge in [0.15, 0.2) is 0 Å².